The number of non-ortho nitro benzene ring substituents is 1. The number of nitrogens with one attached hydrogen (secondary N) is 1. The number of aromatic nitrogens is 1. The normalized spacial score (nSPS) is 14.9. The third kappa shape index (κ3) is 5.08. The Hall–Kier alpha value is -4.01. The lowest BCUT2D eigenvalue weighted by Gasteiger charge is -2.26. The second-order valence-corrected chi connectivity index (χ2v) is 8.53. The maximum absolute atomic E-state index is 11.4. The molecular formula is C27H26N4O4. The summed E-state index contributed by atoms with van der Waals surface area (Å²) in [6.45, 7) is 4.51. The van der Waals surface area contributed by atoms with Crippen molar-refractivity contribution in [3.63, 3.8) is 0 Å². The van der Waals surface area contributed by atoms with Gasteiger partial charge in [0.15, 0.2) is 5.88 Å². The topological polar surface area (TPSA) is 104 Å². The number of aromatic amines is 1. The van der Waals surface area contributed by atoms with E-state index in [1.165, 1.54) is 17.7 Å². The van der Waals surface area contributed by atoms with E-state index in [4.69, 9.17) is 9.73 Å². The quantitative estimate of drug-likeness (QED) is 0.229. The summed E-state index contributed by atoms with van der Waals surface area (Å²) in [5, 5.41) is 22.7. The lowest BCUT2D eigenvalue weighted by atomic mass is 10.0. The summed E-state index contributed by atoms with van der Waals surface area (Å²) in [6.07, 6.45) is 0.947. The van der Waals surface area contributed by atoms with E-state index in [1.807, 2.05) is 42.5 Å². The number of hydrogen-bond acceptors (Lipinski definition) is 6. The van der Waals surface area contributed by atoms with Crippen molar-refractivity contribution in [2.45, 2.75) is 6.42 Å². The Balaban J connectivity index is 1.50. The van der Waals surface area contributed by atoms with Crippen LogP contribution in [0.3, 0.4) is 0 Å². The van der Waals surface area contributed by atoms with Gasteiger partial charge in [0.25, 0.3) is 5.69 Å². The lowest BCUT2D eigenvalue weighted by Crippen LogP contribution is -2.37. The van der Waals surface area contributed by atoms with Crippen LogP contribution in [0.4, 0.5) is 11.4 Å². The molecule has 1 saturated heterocycles. The number of nitrogens with zero attached hydrogens (tertiary/aromatic N) is 3. The number of hydrogen-bond donors (Lipinski definition) is 2. The predicted octanol–water partition coefficient (Wildman–Crippen LogP) is 4.83. The van der Waals surface area contributed by atoms with Crippen molar-refractivity contribution >= 4 is 28.0 Å². The molecule has 8 nitrogen and oxygen atoms in total. The number of morpholine rings is 1. The molecule has 0 saturated carbocycles. The SMILES string of the molecule is O=[N+]([O-])c1ccc2[nH]c(O)c(C(=Nc3ccc(CCN4CCOCC4)cc3)c3ccccc3)c2c1. The van der Waals surface area contributed by atoms with Crippen molar-refractivity contribution in [1.29, 1.82) is 0 Å². The summed E-state index contributed by atoms with van der Waals surface area (Å²) in [6, 6.07) is 22.1. The Bertz CT molecular complexity index is 1360. The molecule has 0 bridgehead atoms. The van der Waals surface area contributed by atoms with Crippen LogP contribution in [0.5, 0.6) is 5.88 Å². The molecule has 0 aliphatic carbocycles. The first-order chi connectivity index (χ1) is 17.1. The van der Waals surface area contributed by atoms with E-state index in [1.54, 1.807) is 6.07 Å². The Morgan fingerprint density at radius 2 is 1.80 bits per heavy atom. The first-order valence-corrected chi connectivity index (χ1v) is 11.6. The summed E-state index contributed by atoms with van der Waals surface area (Å²) >= 11 is 0. The summed E-state index contributed by atoms with van der Waals surface area (Å²) in [5.41, 5.74) is 4.29. The van der Waals surface area contributed by atoms with Crippen LogP contribution in [0.2, 0.25) is 0 Å². The molecule has 178 valence electrons. The van der Waals surface area contributed by atoms with Gasteiger partial charge in [-0.05, 0) is 30.2 Å². The summed E-state index contributed by atoms with van der Waals surface area (Å²) in [5.74, 6) is -0.0785. The van der Waals surface area contributed by atoms with E-state index in [2.05, 4.69) is 22.0 Å². The molecule has 3 aromatic carbocycles. The molecule has 1 fully saturated rings. The van der Waals surface area contributed by atoms with Crippen molar-refractivity contribution in [2.75, 3.05) is 32.8 Å². The highest BCUT2D eigenvalue weighted by Crippen LogP contribution is 2.33. The Labute approximate surface area is 202 Å². The first-order valence-electron chi connectivity index (χ1n) is 11.6. The zero-order chi connectivity index (χ0) is 24.2. The number of benzene rings is 3. The second-order valence-electron chi connectivity index (χ2n) is 8.53. The molecule has 35 heavy (non-hydrogen) atoms. The zero-order valence-electron chi connectivity index (χ0n) is 19.2. The van der Waals surface area contributed by atoms with Gasteiger partial charge in [-0.2, -0.15) is 0 Å². The van der Waals surface area contributed by atoms with Crippen LogP contribution >= 0.6 is 0 Å². The van der Waals surface area contributed by atoms with Gasteiger partial charge in [-0.1, -0.05) is 42.5 Å². The number of nitro benzene ring substituents is 1. The number of fused-ring (bicyclic) bond motifs is 1. The molecule has 1 aliphatic rings. The van der Waals surface area contributed by atoms with E-state index in [9.17, 15) is 15.2 Å². The van der Waals surface area contributed by atoms with E-state index in [0.29, 0.717) is 22.2 Å². The molecule has 0 spiro atoms. The van der Waals surface area contributed by atoms with Gasteiger partial charge in [0.2, 0.25) is 0 Å². The minimum Gasteiger partial charge on any atom is -0.494 e. The zero-order valence-corrected chi connectivity index (χ0v) is 19.2. The molecule has 1 aromatic heterocycles. The van der Waals surface area contributed by atoms with Gasteiger partial charge in [0.05, 0.1) is 35.1 Å². The molecular weight excluding hydrogens is 444 g/mol. The van der Waals surface area contributed by atoms with Gasteiger partial charge in [-0.25, -0.2) is 4.99 Å². The Morgan fingerprint density at radius 1 is 1.06 bits per heavy atom. The van der Waals surface area contributed by atoms with Gasteiger partial charge < -0.3 is 14.8 Å². The fourth-order valence-electron chi connectivity index (χ4n) is 4.36. The van der Waals surface area contributed by atoms with Crippen LogP contribution in [-0.2, 0) is 11.2 Å². The minimum atomic E-state index is -0.442. The molecule has 2 N–H and O–H groups in total. The first kappa shape index (κ1) is 22.8. The van der Waals surface area contributed by atoms with Crippen LogP contribution in [-0.4, -0.2) is 58.5 Å². The number of aromatic hydroxyl groups is 1. The van der Waals surface area contributed by atoms with E-state index < -0.39 is 4.92 Å². The van der Waals surface area contributed by atoms with Gasteiger partial charge in [0, 0.05) is 48.2 Å². The van der Waals surface area contributed by atoms with Crippen LogP contribution < -0.4 is 0 Å². The van der Waals surface area contributed by atoms with Crippen molar-refractivity contribution in [2.24, 2.45) is 4.99 Å². The average molecular weight is 471 g/mol. The largest absolute Gasteiger partial charge is 0.494 e. The summed E-state index contributed by atoms with van der Waals surface area (Å²) in [7, 11) is 0. The van der Waals surface area contributed by atoms with E-state index >= 15 is 0 Å². The monoisotopic (exact) mass is 470 g/mol. The van der Waals surface area contributed by atoms with Crippen molar-refractivity contribution in [3.05, 3.63) is 99.6 Å². The fourth-order valence-corrected chi connectivity index (χ4v) is 4.36. The molecule has 8 heteroatoms. The highest BCUT2D eigenvalue weighted by atomic mass is 16.6. The number of nitro groups is 1. The molecule has 4 aromatic rings. The molecule has 1 aliphatic heterocycles. The smallest absolute Gasteiger partial charge is 0.270 e. The van der Waals surface area contributed by atoms with E-state index in [-0.39, 0.29) is 11.6 Å². The second kappa shape index (κ2) is 10.1. The molecule has 5 rings (SSSR count). The van der Waals surface area contributed by atoms with Gasteiger partial charge in [0.1, 0.15) is 0 Å². The molecule has 0 amide bonds. The number of ether oxygens (including phenoxy) is 1. The standard InChI is InChI=1S/C27H26N4O4/c32-27-25(23-18-22(31(33)34)10-11-24(23)29-27)26(20-4-2-1-3-5-20)28-21-8-6-19(7-9-21)12-13-30-14-16-35-17-15-30/h1-11,18,29,32H,12-17H2. The Kier molecular flexibility index (Phi) is 6.56. The van der Waals surface area contributed by atoms with Gasteiger partial charge in [-0.3, -0.25) is 15.0 Å². The number of aliphatic imine (C=N–C) groups is 1. The molecule has 0 atom stereocenters. The van der Waals surface area contributed by atoms with Crippen LogP contribution in [0.1, 0.15) is 16.7 Å². The average Bonchev–Trinajstić information content (AvgIpc) is 3.22. The lowest BCUT2D eigenvalue weighted by molar-refractivity contribution is -0.384. The van der Waals surface area contributed by atoms with Crippen molar-refractivity contribution in [1.82, 2.24) is 9.88 Å². The fraction of sp³-hybridized carbons (Fsp3) is 0.222. The molecule has 2 heterocycles. The summed E-state index contributed by atoms with van der Waals surface area (Å²) < 4.78 is 5.42. The molecule has 0 unspecified atom stereocenters. The van der Waals surface area contributed by atoms with E-state index in [0.717, 1.165) is 50.5 Å². The third-order valence-electron chi connectivity index (χ3n) is 6.25. The van der Waals surface area contributed by atoms with Crippen molar-refractivity contribution < 1.29 is 14.8 Å². The third-order valence-corrected chi connectivity index (χ3v) is 6.25. The summed E-state index contributed by atoms with van der Waals surface area (Å²) in [4.78, 5) is 21.1. The van der Waals surface area contributed by atoms with Gasteiger partial charge in [-0.15, -0.1) is 0 Å². The number of H-pyrrole nitrogens is 1. The maximum Gasteiger partial charge on any atom is 0.270 e. The number of rotatable bonds is 7. The van der Waals surface area contributed by atoms with Crippen LogP contribution in [0.25, 0.3) is 10.9 Å². The molecule has 0 radical (unpaired) electrons. The van der Waals surface area contributed by atoms with Gasteiger partial charge >= 0.3 is 0 Å². The minimum absolute atomic E-state index is 0.0465. The Morgan fingerprint density at radius 3 is 2.51 bits per heavy atom. The van der Waals surface area contributed by atoms with Crippen LogP contribution in [0.15, 0.2) is 77.8 Å². The maximum atomic E-state index is 11.4. The predicted molar refractivity (Wildman–Crippen MR) is 136 cm³/mol. The van der Waals surface area contributed by atoms with Crippen LogP contribution in [0, 0.1) is 10.1 Å². The highest BCUT2D eigenvalue weighted by molar-refractivity contribution is 6.22. The highest BCUT2D eigenvalue weighted by Gasteiger charge is 2.21. The van der Waals surface area contributed by atoms with Crippen molar-refractivity contribution in [3.8, 4) is 5.88 Å².